The first-order valence-corrected chi connectivity index (χ1v) is 20.6. The van der Waals surface area contributed by atoms with E-state index in [0.717, 1.165) is 75.3 Å². The van der Waals surface area contributed by atoms with E-state index in [-0.39, 0.29) is 10.8 Å². The number of allylic oxidation sites excluding steroid dienone is 10. The second kappa shape index (κ2) is 17.4. The molecule has 5 rings (SSSR count). The number of hydrogen-bond donors (Lipinski definition) is 0. The number of halogens is 1. The van der Waals surface area contributed by atoms with Gasteiger partial charge in [-0.25, -0.2) is 0 Å². The van der Waals surface area contributed by atoms with Crippen LogP contribution in [0.3, 0.4) is 0 Å². The van der Waals surface area contributed by atoms with Crippen LogP contribution in [0.4, 0.5) is 5.69 Å². The van der Waals surface area contributed by atoms with Gasteiger partial charge in [0.05, 0.1) is 44.2 Å². The van der Waals surface area contributed by atoms with Crippen molar-refractivity contribution in [2.45, 2.75) is 77.0 Å². The first kappa shape index (κ1) is 40.2. The molecule has 0 atom stereocenters. The van der Waals surface area contributed by atoms with Gasteiger partial charge in [-0.1, -0.05) is 81.6 Å². The summed E-state index contributed by atoms with van der Waals surface area (Å²) >= 11 is 5.85. The zero-order valence-corrected chi connectivity index (χ0v) is 36.1. The molecule has 0 saturated carbocycles. The summed E-state index contributed by atoms with van der Waals surface area (Å²) in [6.45, 7) is 15.4. The van der Waals surface area contributed by atoms with E-state index in [2.05, 4.69) is 124 Å². The number of aliphatic imine (C=N–C) groups is 1. The van der Waals surface area contributed by atoms with Crippen LogP contribution in [0, 0.1) is 14.4 Å². The Labute approximate surface area is 333 Å². The fourth-order valence-corrected chi connectivity index (χ4v) is 10.1. The SMILES string of the molecule is CCN=C(/C=C1C=C(/C=C/C=C2C=C(/C=C3\Sc4cc(OC)c(OC)cc4N3CC)CC(C)(C)C/2)CC(C)(C)C/1)Sc1cc(OC)c(OC)cc1I. The zero-order valence-electron chi connectivity index (χ0n) is 32.3. The van der Waals surface area contributed by atoms with E-state index < -0.39 is 0 Å². The number of benzene rings is 2. The molecule has 0 aromatic heterocycles. The van der Waals surface area contributed by atoms with Gasteiger partial charge < -0.3 is 23.8 Å². The number of methoxy groups -OCH3 is 4. The lowest BCUT2D eigenvalue weighted by molar-refractivity contribution is 0.353. The minimum absolute atomic E-state index is 0.148. The van der Waals surface area contributed by atoms with E-state index in [4.69, 9.17) is 23.9 Å². The third-order valence-corrected chi connectivity index (χ3v) is 12.6. The third kappa shape index (κ3) is 9.94. The van der Waals surface area contributed by atoms with Crippen molar-refractivity contribution in [1.29, 1.82) is 0 Å². The Balaban J connectivity index is 1.39. The average Bonchev–Trinajstić information content (AvgIpc) is 3.42. The van der Waals surface area contributed by atoms with Gasteiger partial charge in [0.2, 0.25) is 0 Å². The van der Waals surface area contributed by atoms with Crippen molar-refractivity contribution in [3.63, 3.8) is 0 Å². The quantitative estimate of drug-likeness (QED) is 0.0966. The second-order valence-corrected chi connectivity index (χ2v) is 18.1. The van der Waals surface area contributed by atoms with E-state index in [9.17, 15) is 0 Å². The van der Waals surface area contributed by atoms with Crippen molar-refractivity contribution >= 4 is 56.8 Å². The molecule has 0 spiro atoms. The Kier molecular flexibility index (Phi) is 13.5. The molecule has 0 fully saturated rings. The van der Waals surface area contributed by atoms with Gasteiger partial charge in [0.1, 0.15) is 0 Å². The number of thioether (sulfide) groups is 2. The number of anilines is 1. The molecular weight excluding hydrogens is 800 g/mol. The normalized spacial score (nSPS) is 20.7. The standard InChI is InChI=1S/C43H53IN2O4S2/c1-11-45-40(51-38-22-36(49-9)34(47-7)20-32(38)44)18-30-16-28(24-42(3,4)26-30)14-13-15-29-17-31(27-43(5,6)25-29)19-41-46(12-2)33-21-35(48-8)37(50-10)23-39(33)52-41/h13-23H,11-12,24-27H2,1-10H3/b14-13+,29-15-,30-18-,41-19-,45-40?. The molecule has 2 aromatic carbocycles. The molecule has 2 aliphatic carbocycles. The fraction of sp³-hybridized carbons (Fsp3) is 0.419. The Morgan fingerprint density at radius 2 is 1.42 bits per heavy atom. The van der Waals surface area contributed by atoms with Gasteiger partial charge in [0.15, 0.2) is 23.0 Å². The Bertz CT molecular complexity index is 1880. The van der Waals surface area contributed by atoms with Crippen LogP contribution in [0.1, 0.15) is 67.2 Å². The maximum Gasteiger partial charge on any atom is 0.162 e. The lowest BCUT2D eigenvalue weighted by Gasteiger charge is -2.31. The molecule has 0 radical (unpaired) electrons. The topological polar surface area (TPSA) is 52.5 Å². The van der Waals surface area contributed by atoms with Gasteiger partial charge in [-0.05, 0) is 120 Å². The van der Waals surface area contributed by atoms with Gasteiger partial charge in [-0.3, -0.25) is 4.99 Å². The van der Waals surface area contributed by atoms with Crippen molar-refractivity contribution in [2.75, 3.05) is 46.4 Å². The molecule has 1 aliphatic heterocycles. The number of hydrogen-bond acceptors (Lipinski definition) is 8. The van der Waals surface area contributed by atoms with E-state index in [1.807, 2.05) is 12.1 Å². The van der Waals surface area contributed by atoms with Crippen LogP contribution in [0.25, 0.3) is 0 Å². The highest BCUT2D eigenvalue weighted by Crippen LogP contribution is 2.51. The summed E-state index contributed by atoms with van der Waals surface area (Å²) in [7, 11) is 6.73. The third-order valence-electron chi connectivity index (χ3n) is 9.23. The van der Waals surface area contributed by atoms with Crippen LogP contribution in [0.15, 0.2) is 109 Å². The zero-order chi connectivity index (χ0) is 37.6. The average molecular weight is 853 g/mol. The van der Waals surface area contributed by atoms with E-state index in [1.54, 1.807) is 52.0 Å². The predicted octanol–water partition coefficient (Wildman–Crippen LogP) is 12.2. The molecule has 0 saturated heterocycles. The number of nitrogens with zero attached hydrogens (tertiary/aromatic N) is 2. The minimum Gasteiger partial charge on any atom is -0.493 e. The Morgan fingerprint density at radius 1 is 0.827 bits per heavy atom. The van der Waals surface area contributed by atoms with Gasteiger partial charge in [-0.15, -0.1) is 0 Å². The monoisotopic (exact) mass is 852 g/mol. The highest BCUT2D eigenvalue weighted by atomic mass is 127. The Morgan fingerprint density at radius 3 is 2.08 bits per heavy atom. The maximum atomic E-state index is 5.62. The molecule has 52 heavy (non-hydrogen) atoms. The van der Waals surface area contributed by atoms with Gasteiger partial charge >= 0.3 is 0 Å². The molecule has 0 unspecified atom stereocenters. The van der Waals surface area contributed by atoms with Gasteiger partial charge in [0, 0.05) is 38.6 Å². The van der Waals surface area contributed by atoms with Crippen LogP contribution < -0.4 is 23.8 Å². The van der Waals surface area contributed by atoms with Gasteiger partial charge in [-0.2, -0.15) is 0 Å². The minimum atomic E-state index is 0.148. The number of rotatable bonds is 11. The molecule has 6 nitrogen and oxygen atoms in total. The van der Waals surface area contributed by atoms with Crippen LogP contribution in [0.5, 0.6) is 23.0 Å². The molecule has 3 aliphatic rings. The van der Waals surface area contributed by atoms with Crippen molar-refractivity contribution in [3.05, 3.63) is 97.7 Å². The van der Waals surface area contributed by atoms with Crippen molar-refractivity contribution < 1.29 is 18.9 Å². The first-order valence-electron chi connectivity index (χ1n) is 17.9. The van der Waals surface area contributed by atoms with E-state index >= 15 is 0 Å². The summed E-state index contributed by atoms with van der Waals surface area (Å²) in [4.78, 5) is 9.56. The maximum absolute atomic E-state index is 5.62. The van der Waals surface area contributed by atoms with Gasteiger partial charge in [0.25, 0.3) is 0 Å². The smallest absolute Gasteiger partial charge is 0.162 e. The summed E-state index contributed by atoms with van der Waals surface area (Å²) in [5, 5.41) is 2.24. The van der Waals surface area contributed by atoms with Crippen LogP contribution in [-0.2, 0) is 0 Å². The Hall–Kier alpha value is -3.02. The highest BCUT2D eigenvalue weighted by molar-refractivity contribution is 14.1. The molecule has 9 heteroatoms. The molecule has 2 aromatic rings. The molecule has 278 valence electrons. The van der Waals surface area contributed by atoms with Crippen molar-refractivity contribution in [1.82, 2.24) is 0 Å². The molecular formula is C43H53IN2O4S2. The van der Waals surface area contributed by atoms with Crippen LogP contribution in [-0.4, -0.2) is 46.6 Å². The van der Waals surface area contributed by atoms with Crippen LogP contribution >= 0.6 is 46.1 Å². The lowest BCUT2D eigenvalue weighted by atomic mass is 9.74. The van der Waals surface area contributed by atoms with Crippen molar-refractivity contribution in [2.24, 2.45) is 15.8 Å². The molecule has 0 amide bonds. The number of fused-ring (bicyclic) bond motifs is 1. The predicted molar refractivity (Wildman–Crippen MR) is 230 cm³/mol. The molecule has 0 N–H and O–H groups in total. The fourth-order valence-electron chi connectivity index (χ4n) is 7.18. The lowest BCUT2D eigenvalue weighted by Crippen LogP contribution is -2.19. The van der Waals surface area contributed by atoms with Crippen molar-refractivity contribution in [3.8, 4) is 23.0 Å². The van der Waals surface area contributed by atoms with E-state index in [1.165, 1.54) is 37.9 Å². The summed E-state index contributed by atoms with van der Waals surface area (Å²) in [6.07, 6.45) is 20.4. The second-order valence-electron chi connectivity index (χ2n) is 14.9. The summed E-state index contributed by atoms with van der Waals surface area (Å²) in [5.74, 6) is 2.98. The summed E-state index contributed by atoms with van der Waals surface area (Å²) in [5.41, 5.74) is 6.84. The highest BCUT2D eigenvalue weighted by Gasteiger charge is 2.30. The molecule has 0 bridgehead atoms. The van der Waals surface area contributed by atoms with Crippen LogP contribution in [0.2, 0.25) is 0 Å². The largest absolute Gasteiger partial charge is 0.493 e. The first-order chi connectivity index (χ1) is 24.8. The summed E-state index contributed by atoms with van der Waals surface area (Å²) < 4.78 is 23.4. The molecule has 1 heterocycles. The summed E-state index contributed by atoms with van der Waals surface area (Å²) in [6, 6.07) is 8.25. The van der Waals surface area contributed by atoms with E-state index in [0.29, 0.717) is 0 Å². The number of ether oxygens (including phenoxy) is 4.